The fourth-order valence-electron chi connectivity index (χ4n) is 3.94. The first-order valence-corrected chi connectivity index (χ1v) is 7.61. The van der Waals surface area contributed by atoms with Crippen LogP contribution in [-0.2, 0) is 4.74 Å². The van der Waals surface area contributed by atoms with E-state index >= 15 is 0 Å². The van der Waals surface area contributed by atoms with Gasteiger partial charge in [0, 0.05) is 18.8 Å². The van der Waals surface area contributed by atoms with Gasteiger partial charge >= 0.3 is 0 Å². The van der Waals surface area contributed by atoms with E-state index in [4.69, 9.17) is 4.74 Å². The predicted octanol–water partition coefficient (Wildman–Crippen LogP) is 2.63. The average molecular weight is 284 g/mol. The molecular formula is C17H20N2O2. The van der Waals surface area contributed by atoms with Gasteiger partial charge in [-0.05, 0) is 31.2 Å². The second-order valence-electron chi connectivity index (χ2n) is 6.29. The second-order valence-corrected chi connectivity index (χ2v) is 6.29. The molecule has 0 unspecified atom stereocenters. The third-order valence-corrected chi connectivity index (χ3v) is 5.08. The number of hydrogen-bond donors (Lipinski definition) is 1. The predicted molar refractivity (Wildman–Crippen MR) is 80.0 cm³/mol. The van der Waals surface area contributed by atoms with E-state index in [0.29, 0.717) is 0 Å². The van der Waals surface area contributed by atoms with Crippen molar-refractivity contribution in [3.8, 4) is 11.3 Å². The number of hydrogen-bond acceptors (Lipinski definition) is 3. The highest BCUT2D eigenvalue weighted by Gasteiger charge is 2.46. The van der Waals surface area contributed by atoms with Gasteiger partial charge in [-0.1, -0.05) is 24.3 Å². The van der Waals surface area contributed by atoms with E-state index in [1.54, 1.807) is 0 Å². The number of fused-ring (bicyclic) bond motifs is 3. The molecule has 0 amide bonds. The van der Waals surface area contributed by atoms with Gasteiger partial charge in [0.1, 0.15) is 0 Å². The molecule has 4 nitrogen and oxygen atoms in total. The minimum atomic E-state index is -0.800. The van der Waals surface area contributed by atoms with Crippen LogP contribution in [0, 0.1) is 5.92 Å². The van der Waals surface area contributed by atoms with Crippen LogP contribution in [0.25, 0.3) is 11.3 Å². The van der Waals surface area contributed by atoms with Crippen molar-refractivity contribution in [3.63, 3.8) is 0 Å². The monoisotopic (exact) mass is 284 g/mol. The van der Waals surface area contributed by atoms with Gasteiger partial charge in [0.05, 0.1) is 29.9 Å². The molecule has 1 aromatic heterocycles. The summed E-state index contributed by atoms with van der Waals surface area (Å²) in [6.45, 7) is 3.46. The Balaban J connectivity index is 1.81. The molecule has 0 bridgehead atoms. The van der Waals surface area contributed by atoms with Crippen molar-refractivity contribution in [3.05, 3.63) is 42.4 Å². The molecule has 0 spiro atoms. The highest BCUT2D eigenvalue weighted by molar-refractivity contribution is 5.69. The molecule has 110 valence electrons. The van der Waals surface area contributed by atoms with E-state index in [0.717, 1.165) is 31.7 Å². The molecule has 2 aromatic rings. The van der Waals surface area contributed by atoms with E-state index < -0.39 is 5.60 Å². The second kappa shape index (κ2) is 4.68. The summed E-state index contributed by atoms with van der Waals surface area (Å²) in [6, 6.07) is 8.27. The van der Waals surface area contributed by atoms with Gasteiger partial charge in [-0.15, -0.1) is 0 Å². The number of aliphatic hydroxyl groups is 1. The number of nitrogens with zero attached hydrogens (tertiary/aromatic N) is 2. The fraction of sp³-hybridized carbons (Fsp3) is 0.471. The number of ether oxygens (including phenoxy) is 1. The lowest BCUT2D eigenvalue weighted by atomic mass is 9.76. The highest BCUT2D eigenvalue weighted by atomic mass is 16.5. The Hall–Kier alpha value is -1.65. The van der Waals surface area contributed by atoms with Gasteiger partial charge < -0.3 is 14.4 Å². The Labute approximate surface area is 124 Å². The van der Waals surface area contributed by atoms with Crippen molar-refractivity contribution in [2.45, 2.75) is 31.4 Å². The Morgan fingerprint density at radius 2 is 2.05 bits per heavy atom. The number of benzene rings is 1. The molecule has 1 aromatic carbocycles. The molecule has 4 rings (SSSR count). The van der Waals surface area contributed by atoms with Gasteiger partial charge in [-0.3, -0.25) is 0 Å². The first-order valence-electron chi connectivity index (χ1n) is 7.61. The number of imidazole rings is 1. The zero-order valence-electron chi connectivity index (χ0n) is 12.2. The van der Waals surface area contributed by atoms with E-state index in [-0.39, 0.29) is 12.0 Å². The number of rotatable bonds is 2. The average Bonchev–Trinajstić information content (AvgIpc) is 3.08. The van der Waals surface area contributed by atoms with Gasteiger partial charge in [0.2, 0.25) is 0 Å². The molecule has 0 radical (unpaired) electrons. The fourth-order valence-corrected chi connectivity index (χ4v) is 3.94. The minimum Gasteiger partial charge on any atom is -0.387 e. The minimum absolute atomic E-state index is 0.0608. The number of aromatic nitrogens is 2. The Morgan fingerprint density at radius 1 is 1.29 bits per heavy atom. The van der Waals surface area contributed by atoms with Crippen molar-refractivity contribution < 1.29 is 9.84 Å². The van der Waals surface area contributed by atoms with Gasteiger partial charge in [0.15, 0.2) is 0 Å². The lowest BCUT2D eigenvalue weighted by Gasteiger charge is -2.40. The summed E-state index contributed by atoms with van der Waals surface area (Å²) < 4.78 is 7.58. The van der Waals surface area contributed by atoms with Crippen molar-refractivity contribution >= 4 is 0 Å². The third kappa shape index (κ3) is 1.86. The molecule has 0 saturated carbocycles. The van der Waals surface area contributed by atoms with E-state index in [2.05, 4.69) is 21.7 Å². The SMILES string of the molecule is C[C@@](O)(C1CCOCC1)[C@H]1c2ccccc2-c2cncn21. The molecule has 1 N–H and O–H groups in total. The van der Waals surface area contributed by atoms with Gasteiger partial charge in [-0.25, -0.2) is 4.98 Å². The maximum absolute atomic E-state index is 11.3. The van der Waals surface area contributed by atoms with Crippen LogP contribution in [0.15, 0.2) is 36.8 Å². The summed E-state index contributed by atoms with van der Waals surface area (Å²) in [6.07, 6.45) is 5.55. The Bertz CT molecular complexity index is 656. The van der Waals surface area contributed by atoms with Crippen LogP contribution in [0.5, 0.6) is 0 Å². The largest absolute Gasteiger partial charge is 0.387 e. The zero-order valence-corrected chi connectivity index (χ0v) is 12.2. The lowest BCUT2D eigenvalue weighted by molar-refractivity contribution is -0.0747. The zero-order chi connectivity index (χ0) is 14.4. The van der Waals surface area contributed by atoms with E-state index in [1.807, 2.05) is 31.6 Å². The van der Waals surface area contributed by atoms with Crippen LogP contribution >= 0.6 is 0 Å². The standard InChI is InChI=1S/C17H20N2O2/c1-17(20,12-6-8-21-9-7-12)16-14-5-3-2-4-13(14)15-10-18-11-19(15)16/h2-5,10-12,16,20H,6-9H2,1H3/t16-,17-/m1/s1. The first-order chi connectivity index (χ1) is 10.2. The topological polar surface area (TPSA) is 47.3 Å². The molecule has 2 aliphatic heterocycles. The lowest BCUT2D eigenvalue weighted by Crippen LogP contribution is -2.45. The van der Waals surface area contributed by atoms with Crippen molar-refractivity contribution in [1.82, 2.24) is 9.55 Å². The summed E-state index contributed by atoms with van der Waals surface area (Å²) in [5, 5.41) is 11.3. The molecule has 1 fully saturated rings. The summed E-state index contributed by atoms with van der Waals surface area (Å²) in [5.41, 5.74) is 2.69. The van der Waals surface area contributed by atoms with Crippen molar-refractivity contribution in [2.75, 3.05) is 13.2 Å². The summed E-state index contributed by atoms with van der Waals surface area (Å²) in [7, 11) is 0. The normalized spacial score (nSPS) is 24.4. The Kier molecular flexibility index (Phi) is 2.91. The van der Waals surface area contributed by atoms with Gasteiger partial charge in [-0.2, -0.15) is 0 Å². The first kappa shape index (κ1) is 13.0. The summed E-state index contributed by atoms with van der Waals surface area (Å²) >= 11 is 0. The van der Waals surface area contributed by atoms with Crippen LogP contribution in [0.3, 0.4) is 0 Å². The molecule has 2 aliphatic rings. The summed E-state index contributed by atoms with van der Waals surface area (Å²) in [5.74, 6) is 0.248. The molecule has 4 heteroatoms. The maximum atomic E-state index is 11.3. The maximum Gasteiger partial charge on any atom is 0.0957 e. The Morgan fingerprint density at radius 3 is 2.86 bits per heavy atom. The third-order valence-electron chi connectivity index (χ3n) is 5.08. The molecule has 1 saturated heterocycles. The molecule has 0 aliphatic carbocycles. The molecule has 2 atom stereocenters. The quantitative estimate of drug-likeness (QED) is 0.922. The molecular weight excluding hydrogens is 264 g/mol. The van der Waals surface area contributed by atoms with Crippen LogP contribution in [0.2, 0.25) is 0 Å². The smallest absolute Gasteiger partial charge is 0.0957 e. The molecule has 21 heavy (non-hydrogen) atoms. The highest BCUT2D eigenvalue weighted by Crippen LogP contribution is 2.48. The van der Waals surface area contributed by atoms with Crippen molar-refractivity contribution in [2.24, 2.45) is 5.92 Å². The van der Waals surface area contributed by atoms with Gasteiger partial charge in [0.25, 0.3) is 0 Å². The van der Waals surface area contributed by atoms with Crippen molar-refractivity contribution in [1.29, 1.82) is 0 Å². The van der Waals surface area contributed by atoms with Crippen LogP contribution in [0.4, 0.5) is 0 Å². The van der Waals surface area contributed by atoms with E-state index in [1.165, 1.54) is 11.1 Å². The molecule has 3 heterocycles. The van der Waals surface area contributed by atoms with Crippen LogP contribution in [0.1, 0.15) is 31.4 Å². The van der Waals surface area contributed by atoms with Crippen LogP contribution < -0.4 is 0 Å². The summed E-state index contributed by atoms with van der Waals surface area (Å²) in [4.78, 5) is 4.28. The van der Waals surface area contributed by atoms with E-state index in [9.17, 15) is 5.11 Å². The van der Waals surface area contributed by atoms with Crippen LogP contribution in [-0.4, -0.2) is 33.5 Å².